The van der Waals surface area contributed by atoms with Crippen LogP contribution < -0.4 is 11.1 Å². The van der Waals surface area contributed by atoms with E-state index in [1.807, 2.05) is 85.8 Å². The number of benzene rings is 4. The van der Waals surface area contributed by atoms with Gasteiger partial charge in [-0.3, -0.25) is 19.2 Å². The van der Waals surface area contributed by atoms with Crippen molar-refractivity contribution in [1.29, 1.82) is 0 Å². The second kappa shape index (κ2) is 17.0. The summed E-state index contributed by atoms with van der Waals surface area (Å²) in [5.41, 5.74) is 9.32. The van der Waals surface area contributed by atoms with Gasteiger partial charge in [0.05, 0.1) is 5.56 Å². The number of nitrogens with zero attached hydrogens (tertiary/aromatic N) is 1. The van der Waals surface area contributed by atoms with Crippen LogP contribution in [0.5, 0.6) is 0 Å². The van der Waals surface area contributed by atoms with Gasteiger partial charge in [0.2, 0.25) is 11.8 Å². The summed E-state index contributed by atoms with van der Waals surface area (Å²) in [4.78, 5) is 57.9. The van der Waals surface area contributed by atoms with Crippen molar-refractivity contribution in [1.82, 2.24) is 15.2 Å². The minimum Gasteiger partial charge on any atom is -0.481 e. The zero-order valence-corrected chi connectivity index (χ0v) is 28.9. The molecule has 0 aliphatic rings. The van der Waals surface area contributed by atoms with E-state index in [4.69, 9.17) is 17.3 Å². The van der Waals surface area contributed by atoms with E-state index in [9.17, 15) is 24.3 Å². The largest absolute Gasteiger partial charge is 0.481 e. The lowest BCUT2D eigenvalue weighted by Crippen LogP contribution is -2.53. The van der Waals surface area contributed by atoms with Crippen LogP contribution in [0.3, 0.4) is 0 Å². The van der Waals surface area contributed by atoms with E-state index in [0.29, 0.717) is 47.5 Å². The predicted molar refractivity (Wildman–Crippen MR) is 197 cm³/mol. The van der Waals surface area contributed by atoms with Crippen molar-refractivity contribution in [3.63, 3.8) is 0 Å². The number of rotatable bonds is 17. The highest BCUT2D eigenvalue weighted by Crippen LogP contribution is 2.28. The number of aliphatic carboxylic acids is 1. The average Bonchev–Trinajstić information content (AvgIpc) is 3.46. The fourth-order valence-electron chi connectivity index (χ4n) is 6.53. The first-order chi connectivity index (χ1) is 24.1. The van der Waals surface area contributed by atoms with Gasteiger partial charge in [-0.25, -0.2) is 0 Å². The van der Waals surface area contributed by atoms with Gasteiger partial charge >= 0.3 is 5.97 Å². The second-order valence-corrected chi connectivity index (χ2v) is 13.1. The summed E-state index contributed by atoms with van der Waals surface area (Å²) in [5, 5.41) is 15.8. The van der Waals surface area contributed by atoms with E-state index in [1.54, 1.807) is 11.0 Å². The summed E-state index contributed by atoms with van der Waals surface area (Å²) in [7, 11) is 0. The number of unbranched alkanes of at least 4 members (excludes halogenated alkanes) is 1. The molecule has 1 heterocycles. The number of aromatic amines is 1. The lowest BCUT2D eigenvalue weighted by atomic mass is 9.97. The number of carbonyl (C=O) groups excluding carboxylic acids is 3. The summed E-state index contributed by atoms with van der Waals surface area (Å²) < 4.78 is 0. The van der Waals surface area contributed by atoms with Crippen molar-refractivity contribution < 1.29 is 24.3 Å². The van der Waals surface area contributed by atoms with Crippen molar-refractivity contribution >= 4 is 57.0 Å². The van der Waals surface area contributed by atoms with E-state index in [2.05, 4.69) is 16.4 Å². The third-order valence-electron chi connectivity index (χ3n) is 9.02. The lowest BCUT2D eigenvalue weighted by molar-refractivity contribution is -0.139. The molecule has 3 amide bonds. The summed E-state index contributed by atoms with van der Waals surface area (Å²) in [6.45, 7) is 2.36. The van der Waals surface area contributed by atoms with E-state index in [0.717, 1.165) is 33.8 Å². The first kappa shape index (κ1) is 36.1. The number of hydrogen-bond donors (Lipinski definition) is 4. The molecular weight excluding hydrogens is 652 g/mol. The molecule has 9 nitrogen and oxygen atoms in total. The van der Waals surface area contributed by atoms with Gasteiger partial charge < -0.3 is 26.0 Å². The SMILES string of the molecule is CCCCN(C(=O)[C@H](CCCC(=O)O)NC(=O)c1c(Cc2ccccc2Cl)[nH]c2ccccc12)[C@H](CC(N)=O)Cc1ccc2ccccc2c1. The molecule has 0 aliphatic carbocycles. The number of H-pyrrole nitrogens is 1. The van der Waals surface area contributed by atoms with Crippen LogP contribution in [0.2, 0.25) is 5.02 Å². The highest BCUT2D eigenvalue weighted by molar-refractivity contribution is 6.31. The first-order valence-corrected chi connectivity index (χ1v) is 17.4. The topological polar surface area (TPSA) is 146 Å². The highest BCUT2D eigenvalue weighted by atomic mass is 35.5. The van der Waals surface area contributed by atoms with E-state index in [1.165, 1.54) is 0 Å². The van der Waals surface area contributed by atoms with Crippen molar-refractivity contribution in [2.24, 2.45) is 5.73 Å². The molecule has 50 heavy (non-hydrogen) atoms. The van der Waals surface area contributed by atoms with Crippen LogP contribution in [-0.4, -0.2) is 57.3 Å². The molecule has 5 rings (SSSR count). The van der Waals surface area contributed by atoms with Gasteiger partial charge in [0.25, 0.3) is 5.91 Å². The molecule has 0 saturated heterocycles. The highest BCUT2D eigenvalue weighted by Gasteiger charge is 2.33. The zero-order valence-electron chi connectivity index (χ0n) is 28.2. The number of aromatic nitrogens is 1. The number of carboxylic acid groups (broad SMARTS) is 1. The van der Waals surface area contributed by atoms with Gasteiger partial charge in [0.1, 0.15) is 6.04 Å². The summed E-state index contributed by atoms with van der Waals surface area (Å²) in [6.07, 6.45) is 2.22. The number of halogens is 1. The van der Waals surface area contributed by atoms with Crippen LogP contribution in [0.15, 0.2) is 91.0 Å². The van der Waals surface area contributed by atoms with Gasteiger partial charge in [-0.2, -0.15) is 0 Å². The number of fused-ring (bicyclic) bond motifs is 2. The Kier molecular flexibility index (Phi) is 12.3. The smallest absolute Gasteiger partial charge is 0.303 e. The maximum Gasteiger partial charge on any atom is 0.303 e. The number of nitrogens with two attached hydrogens (primary N) is 1. The summed E-state index contributed by atoms with van der Waals surface area (Å²) >= 11 is 6.50. The fraction of sp³-hybridized carbons (Fsp3) is 0.300. The van der Waals surface area contributed by atoms with Crippen LogP contribution in [0.4, 0.5) is 0 Å². The molecule has 10 heteroatoms. The lowest BCUT2D eigenvalue weighted by Gasteiger charge is -2.35. The number of hydrogen-bond acceptors (Lipinski definition) is 4. The Bertz CT molecular complexity index is 1990. The van der Waals surface area contributed by atoms with Gasteiger partial charge in [-0.15, -0.1) is 0 Å². The Morgan fingerprint density at radius 3 is 2.38 bits per heavy atom. The maximum absolute atomic E-state index is 14.6. The quantitative estimate of drug-likeness (QED) is 0.0826. The monoisotopic (exact) mass is 694 g/mol. The van der Waals surface area contributed by atoms with Crippen LogP contribution in [0.25, 0.3) is 21.7 Å². The molecule has 260 valence electrons. The molecule has 0 saturated carbocycles. The average molecular weight is 695 g/mol. The van der Waals surface area contributed by atoms with Gasteiger partial charge in [-0.05, 0) is 59.7 Å². The molecule has 0 fully saturated rings. The number of amides is 3. The Labute approximate surface area is 296 Å². The molecule has 0 bridgehead atoms. The third kappa shape index (κ3) is 9.09. The molecule has 0 radical (unpaired) electrons. The Morgan fingerprint density at radius 2 is 1.64 bits per heavy atom. The maximum atomic E-state index is 14.6. The van der Waals surface area contributed by atoms with Crippen LogP contribution in [-0.2, 0) is 27.2 Å². The predicted octanol–water partition coefficient (Wildman–Crippen LogP) is 7.03. The zero-order chi connectivity index (χ0) is 35.6. The van der Waals surface area contributed by atoms with Crippen molar-refractivity contribution in [2.45, 2.75) is 70.4 Å². The van der Waals surface area contributed by atoms with E-state index >= 15 is 0 Å². The van der Waals surface area contributed by atoms with E-state index < -0.39 is 29.9 Å². The number of primary amides is 1. The van der Waals surface area contributed by atoms with Crippen molar-refractivity contribution in [3.8, 4) is 0 Å². The minimum absolute atomic E-state index is 0.0670. The van der Waals surface area contributed by atoms with Gasteiger partial charge in [-0.1, -0.05) is 104 Å². The van der Waals surface area contributed by atoms with Crippen molar-refractivity contribution in [2.75, 3.05) is 6.54 Å². The summed E-state index contributed by atoms with van der Waals surface area (Å²) in [5.74, 6) is -2.38. The Balaban J connectivity index is 1.49. The van der Waals surface area contributed by atoms with E-state index in [-0.39, 0.29) is 31.6 Å². The number of carbonyl (C=O) groups is 4. The van der Waals surface area contributed by atoms with Crippen LogP contribution >= 0.6 is 11.6 Å². The molecule has 2 atom stereocenters. The van der Waals surface area contributed by atoms with Crippen LogP contribution in [0.1, 0.15) is 72.6 Å². The molecule has 5 aromatic rings. The number of nitrogens with one attached hydrogen (secondary N) is 2. The Hall–Kier alpha value is -5.15. The summed E-state index contributed by atoms with van der Waals surface area (Å²) in [6, 6.07) is 27.3. The molecular formula is C40H43ClN4O5. The number of carboxylic acids is 1. The van der Waals surface area contributed by atoms with Gasteiger partial charge in [0.15, 0.2) is 0 Å². The molecule has 0 unspecified atom stereocenters. The molecule has 4 aromatic carbocycles. The fourth-order valence-corrected chi connectivity index (χ4v) is 6.73. The third-order valence-corrected chi connectivity index (χ3v) is 9.39. The normalized spacial score (nSPS) is 12.4. The molecule has 0 spiro atoms. The second-order valence-electron chi connectivity index (χ2n) is 12.7. The molecule has 1 aromatic heterocycles. The molecule has 5 N–H and O–H groups in total. The van der Waals surface area contributed by atoms with Crippen LogP contribution in [0, 0.1) is 0 Å². The minimum atomic E-state index is -1.05. The Morgan fingerprint density at radius 1 is 0.920 bits per heavy atom. The first-order valence-electron chi connectivity index (χ1n) is 17.1. The number of para-hydroxylation sites is 1. The standard InChI is InChI=1S/C40H43ClN4O5/c1-2-3-21-45(30(25-36(42)46)23-26-19-20-27-11-4-5-12-28(27)22-26)40(50)34(17-10-18-37(47)48)44-39(49)38-31-14-7-9-16-33(31)43-35(38)24-29-13-6-8-15-32(29)41/h4-9,11-16,19-20,22,30,34,43H,2-3,10,17-18,21,23-25H2,1H3,(H2,42,46)(H,44,49)(H,47,48)/t30-,34-/m0/s1. The van der Waals surface area contributed by atoms with Crippen molar-refractivity contribution in [3.05, 3.63) is 118 Å². The molecule has 0 aliphatic heterocycles. The van der Waals surface area contributed by atoms with Gasteiger partial charge in [0, 0.05) is 53.5 Å².